The first kappa shape index (κ1) is 19.5. The first-order valence-electron chi connectivity index (χ1n) is 7.67. The van der Waals surface area contributed by atoms with Crippen molar-refractivity contribution in [3.8, 4) is 5.75 Å². The minimum Gasteiger partial charge on any atom is -0.482 e. The van der Waals surface area contributed by atoms with Crippen LogP contribution >= 0.6 is 0 Å². The van der Waals surface area contributed by atoms with Gasteiger partial charge in [0.1, 0.15) is 5.75 Å². The van der Waals surface area contributed by atoms with E-state index in [2.05, 4.69) is 10.6 Å². The second-order valence-corrected chi connectivity index (χ2v) is 6.36. The Kier molecular flexibility index (Phi) is 7.23. The fourth-order valence-electron chi connectivity index (χ4n) is 1.73. The molecule has 0 radical (unpaired) electrons. The highest BCUT2D eigenvalue weighted by molar-refractivity contribution is 5.82. The summed E-state index contributed by atoms with van der Waals surface area (Å²) in [7, 11) is 0. The van der Waals surface area contributed by atoms with Gasteiger partial charge in [-0.1, -0.05) is 32.9 Å². The zero-order valence-electron chi connectivity index (χ0n) is 14.2. The van der Waals surface area contributed by atoms with Gasteiger partial charge in [0.25, 0.3) is 0 Å². The lowest BCUT2D eigenvalue weighted by Gasteiger charge is -2.17. The number of aliphatic carboxylic acids is 1. The fourth-order valence-corrected chi connectivity index (χ4v) is 1.73. The number of hydrogen-bond acceptors (Lipinski definition) is 4. The van der Waals surface area contributed by atoms with Crippen molar-refractivity contribution in [2.75, 3.05) is 13.2 Å². The van der Waals surface area contributed by atoms with Gasteiger partial charge in [0, 0.05) is 24.9 Å². The van der Waals surface area contributed by atoms with Gasteiger partial charge in [0.2, 0.25) is 11.8 Å². The summed E-state index contributed by atoms with van der Waals surface area (Å²) in [5, 5.41) is 14.0. The highest BCUT2D eigenvalue weighted by Crippen LogP contribution is 2.13. The van der Waals surface area contributed by atoms with E-state index in [9.17, 15) is 14.4 Å². The van der Waals surface area contributed by atoms with E-state index in [1.54, 1.807) is 24.3 Å². The topological polar surface area (TPSA) is 105 Å². The number of rotatable bonds is 8. The van der Waals surface area contributed by atoms with Crippen molar-refractivity contribution in [2.24, 2.45) is 5.41 Å². The number of nitrogens with one attached hydrogen (secondary N) is 2. The van der Waals surface area contributed by atoms with E-state index in [0.717, 1.165) is 5.56 Å². The molecule has 7 heteroatoms. The van der Waals surface area contributed by atoms with Gasteiger partial charge in [0.05, 0.1) is 0 Å². The van der Waals surface area contributed by atoms with Gasteiger partial charge in [-0.2, -0.15) is 0 Å². The summed E-state index contributed by atoms with van der Waals surface area (Å²) in [4.78, 5) is 33.9. The monoisotopic (exact) mass is 336 g/mol. The molecule has 24 heavy (non-hydrogen) atoms. The average Bonchev–Trinajstić information content (AvgIpc) is 2.50. The second-order valence-electron chi connectivity index (χ2n) is 6.36. The Morgan fingerprint density at radius 2 is 1.88 bits per heavy atom. The molecule has 0 bridgehead atoms. The molecular formula is C17H24N2O5. The van der Waals surface area contributed by atoms with Crippen LogP contribution in [0.5, 0.6) is 5.75 Å². The minimum absolute atomic E-state index is 0.0985. The van der Waals surface area contributed by atoms with Gasteiger partial charge >= 0.3 is 5.97 Å². The molecule has 1 rings (SSSR count). The number of carbonyl (C=O) groups is 3. The zero-order valence-corrected chi connectivity index (χ0v) is 14.2. The SMILES string of the molecule is CC(C)(C)C(=O)NCCC(=O)NCc1cccc(OCC(=O)O)c1. The number of benzene rings is 1. The average molecular weight is 336 g/mol. The predicted octanol–water partition coefficient (Wildman–Crippen LogP) is 1.32. The highest BCUT2D eigenvalue weighted by atomic mass is 16.5. The summed E-state index contributed by atoms with van der Waals surface area (Å²) >= 11 is 0. The number of carbonyl (C=O) groups excluding carboxylic acids is 2. The summed E-state index contributed by atoms with van der Waals surface area (Å²) in [6.45, 7) is 5.59. The molecular weight excluding hydrogens is 312 g/mol. The predicted molar refractivity (Wildman–Crippen MR) is 88.5 cm³/mol. The van der Waals surface area contributed by atoms with Gasteiger partial charge in [-0.05, 0) is 17.7 Å². The van der Waals surface area contributed by atoms with Crippen LogP contribution in [0, 0.1) is 5.41 Å². The molecule has 0 fully saturated rings. The summed E-state index contributed by atoms with van der Waals surface area (Å²) in [5.74, 6) is -0.896. The molecule has 0 saturated carbocycles. The van der Waals surface area contributed by atoms with Crippen molar-refractivity contribution in [1.82, 2.24) is 10.6 Å². The van der Waals surface area contributed by atoms with Crippen LogP contribution in [0.2, 0.25) is 0 Å². The summed E-state index contributed by atoms with van der Waals surface area (Å²) in [5.41, 5.74) is 0.317. The van der Waals surface area contributed by atoms with Crippen molar-refractivity contribution < 1.29 is 24.2 Å². The molecule has 3 N–H and O–H groups in total. The number of carboxylic acid groups (broad SMARTS) is 1. The largest absolute Gasteiger partial charge is 0.482 e. The van der Waals surface area contributed by atoms with Crippen molar-refractivity contribution in [3.05, 3.63) is 29.8 Å². The minimum atomic E-state index is -1.05. The normalized spacial score (nSPS) is 10.8. The molecule has 0 spiro atoms. The van der Waals surface area contributed by atoms with Crippen molar-refractivity contribution in [3.63, 3.8) is 0 Å². The molecule has 0 aromatic heterocycles. The van der Waals surface area contributed by atoms with Crippen LogP contribution in [-0.4, -0.2) is 36.0 Å². The van der Waals surface area contributed by atoms with Gasteiger partial charge in [-0.25, -0.2) is 4.79 Å². The number of amides is 2. The lowest BCUT2D eigenvalue weighted by atomic mass is 9.96. The van der Waals surface area contributed by atoms with E-state index in [0.29, 0.717) is 12.3 Å². The van der Waals surface area contributed by atoms with Crippen LogP contribution in [0.25, 0.3) is 0 Å². The highest BCUT2D eigenvalue weighted by Gasteiger charge is 2.20. The maximum atomic E-state index is 11.8. The molecule has 132 valence electrons. The molecule has 0 heterocycles. The second kappa shape index (κ2) is 8.90. The Morgan fingerprint density at radius 3 is 2.50 bits per heavy atom. The molecule has 0 aliphatic rings. The Balaban J connectivity index is 2.35. The van der Waals surface area contributed by atoms with Crippen LogP contribution in [0.15, 0.2) is 24.3 Å². The number of ether oxygens (including phenoxy) is 1. The van der Waals surface area contributed by atoms with Gasteiger partial charge in [-0.15, -0.1) is 0 Å². The third-order valence-electron chi connectivity index (χ3n) is 3.07. The Morgan fingerprint density at radius 1 is 1.17 bits per heavy atom. The first-order valence-corrected chi connectivity index (χ1v) is 7.67. The number of carboxylic acids is 1. The molecule has 0 saturated heterocycles. The molecule has 0 aliphatic carbocycles. The van der Waals surface area contributed by atoms with Crippen molar-refractivity contribution in [1.29, 1.82) is 0 Å². The lowest BCUT2D eigenvalue weighted by molar-refractivity contribution is -0.139. The molecule has 1 aromatic rings. The van der Waals surface area contributed by atoms with Crippen LogP contribution in [0.4, 0.5) is 0 Å². The summed E-state index contributed by atoms with van der Waals surface area (Å²) in [6.07, 6.45) is 0.191. The fraction of sp³-hybridized carbons (Fsp3) is 0.471. The van der Waals surface area contributed by atoms with E-state index in [1.807, 2.05) is 20.8 Å². The zero-order chi connectivity index (χ0) is 18.2. The van der Waals surface area contributed by atoms with Gasteiger partial charge in [0.15, 0.2) is 6.61 Å². The van der Waals surface area contributed by atoms with E-state index < -0.39 is 18.0 Å². The Bertz CT molecular complexity index is 593. The van der Waals surface area contributed by atoms with Crippen LogP contribution in [0.3, 0.4) is 0 Å². The Labute approximate surface area is 141 Å². The standard InChI is InChI=1S/C17H24N2O5/c1-17(2,3)16(23)18-8-7-14(20)19-10-12-5-4-6-13(9-12)24-11-15(21)22/h4-6,9H,7-8,10-11H2,1-3H3,(H,18,23)(H,19,20)(H,21,22). The molecule has 1 aromatic carbocycles. The quantitative estimate of drug-likeness (QED) is 0.664. The lowest BCUT2D eigenvalue weighted by Crippen LogP contribution is -2.37. The van der Waals surface area contributed by atoms with Gasteiger partial charge < -0.3 is 20.5 Å². The first-order chi connectivity index (χ1) is 11.2. The summed E-state index contributed by atoms with van der Waals surface area (Å²) < 4.78 is 5.08. The van der Waals surface area contributed by atoms with Crippen molar-refractivity contribution in [2.45, 2.75) is 33.7 Å². The smallest absolute Gasteiger partial charge is 0.341 e. The van der Waals surface area contributed by atoms with Gasteiger partial charge in [-0.3, -0.25) is 9.59 Å². The molecule has 0 atom stereocenters. The van der Waals surface area contributed by atoms with Crippen LogP contribution in [0.1, 0.15) is 32.8 Å². The third-order valence-corrected chi connectivity index (χ3v) is 3.07. The van der Waals surface area contributed by atoms with Crippen molar-refractivity contribution >= 4 is 17.8 Å². The molecule has 0 unspecified atom stereocenters. The van der Waals surface area contributed by atoms with Crippen LogP contribution < -0.4 is 15.4 Å². The number of hydrogen-bond donors (Lipinski definition) is 3. The molecule has 2 amide bonds. The Hall–Kier alpha value is -2.57. The molecule has 7 nitrogen and oxygen atoms in total. The maximum absolute atomic E-state index is 11.8. The van der Waals surface area contributed by atoms with Crippen LogP contribution in [-0.2, 0) is 20.9 Å². The maximum Gasteiger partial charge on any atom is 0.341 e. The van der Waals surface area contributed by atoms with E-state index >= 15 is 0 Å². The third kappa shape index (κ3) is 7.62. The van der Waals surface area contributed by atoms with E-state index in [4.69, 9.17) is 9.84 Å². The molecule has 0 aliphatic heterocycles. The summed E-state index contributed by atoms with van der Waals surface area (Å²) in [6, 6.07) is 6.85. The van der Waals surface area contributed by atoms with E-state index in [-0.39, 0.29) is 24.8 Å². The van der Waals surface area contributed by atoms with E-state index in [1.165, 1.54) is 0 Å².